The van der Waals surface area contributed by atoms with Gasteiger partial charge in [-0.05, 0) is 24.6 Å². The number of rotatable bonds is 6. The van der Waals surface area contributed by atoms with Crippen molar-refractivity contribution in [3.05, 3.63) is 60.2 Å². The van der Waals surface area contributed by atoms with Crippen molar-refractivity contribution >= 4 is 17.5 Å². The standard InChI is InChI=1S/C21H25N3O3/c1-16(21(26)22-14-17-8-4-3-5-9-17)23-12-13-24(20(25)15-23)18-10-6-7-11-19(18)27-2/h3-11,16H,12-15H2,1-2H3,(H,22,26)/t16-/m1/s1. The van der Waals surface area contributed by atoms with E-state index in [9.17, 15) is 9.59 Å². The summed E-state index contributed by atoms with van der Waals surface area (Å²) >= 11 is 0. The molecular weight excluding hydrogens is 342 g/mol. The van der Waals surface area contributed by atoms with Crippen molar-refractivity contribution in [1.29, 1.82) is 0 Å². The van der Waals surface area contributed by atoms with Crippen molar-refractivity contribution in [2.75, 3.05) is 31.6 Å². The maximum Gasteiger partial charge on any atom is 0.241 e. The van der Waals surface area contributed by atoms with Gasteiger partial charge in [0.2, 0.25) is 11.8 Å². The van der Waals surface area contributed by atoms with E-state index >= 15 is 0 Å². The molecule has 2 aromatic carbocycles. The number of anilines is 1. The highest BCUT2D eigenvalue weighted by molar-refractivity contribution is 5.97. The smallest absolute Gasteiger partial charge is 0.241 e. The molecule has 1 aliphatic rings. The molecule has 0 saturated carbocycles. The van der Waals surface area contributed by atoms with E-state index in [0.29, 0.717) is 25.4 Å². The number of methoxy groups -OCH3 is 1. The van der Waals surface area contributed by atoms with E-state index in [0.717, 1.165) is 11.3 Å². The minimum absolute atomic E-state index is 0.0338. The predicted octanol–water partition coefficient (Wildman–Crippen LogP) is 2.05. The van der Waals surface area contributed by atoms with Gasteiger partial charge in [-0.3, -0.25) is 14.5 Å². The third-order valence-corrected chi connectivity index (χ3v) is 4.86. The average molecular weight is 367 g/mol. The molecule has 1 aliphatic heterocycles. The maximum absolute atomic E-state index is 12.7. The Morgan fingerprint density at radius 3 is 2.52 bits per heavy atom. The van der Waals surface area contributed by atoms with Crippen molar-refractivity contribution in [3.8, 4) is 5.75 Å². The number of nitrogens with one attached hydrogen (secondary N) is 1. The van der Waals surface area contributed by atoms with Gasteiger partial charge in [0.15, 0.2) is 0 Å². The molecule has 0 aromatic heterocycles. The number of hydrogen-bond acceptors (Lipinski definition) is 4. The quantitative estimate of drug-likeness (QED) is 0.849. The molecule has 0 unspecified atom stereocenters. The van der Waals surface area contributed by atoms with Gasteiger partial charge in [0.05, 0.1) is 25.4 Å². The first-order valence-corrected chi connectivity index (χ1v) is 9.09. The van der Waals surface area contributed by atoms with Crippen LogP contribution < -0.4 is 15.0 Å². The summed E-state index contributed by atoms with van der Waals surface area (Å²) in [6.45, 7) is 3.68. The Bertz CT molecular complexity index is 794. The second-order valence-electron chi connectivity index (χ2n) is 6.57. The van der Waals surface area contributed by atoms with Crippen LogP contribution in [0.15, 0.2) is 54.6 Å². The molecule has 0 bridgehead atoms. The molecule has 0 aliphatic carbocycles. The van der Waals surface area contributed by atoms with E-state index in [1.54, 1.807) is 12.0 Å². The van der Waals surface area contributed by atoms with Gasteiger partial charge >= 0.3 is 0 Å². The normalized spacial score (nSPS) is 16.1. The SMILES string of the molecule is COc1ccccc1N1CCN([C@H](C)C(=O)NCc2ccccc2)CC1=O. The van der Waals surface area contributed by atoms with Gasteiger partial charge in [0, 0.05) is 19.6 Å². The average Bonchev–Trinajstić information content (AvgIpc) is 2.72. The minimum Gasteiger partial charge on any atom is -0.495 e. The van der Waals surface area contributed by atoms with Crippen LogP contribution in [0.25, 0.3) is 0 Å². The fourth-order valence-electron chi connectivity index (χ4n) is 3.23. The van der Waals surface area contributed by atoms with Crippen molar-refractivity contribution in [2.24, 2.45) is 0 Å². The molecule has 6 nitrogen and oxygen atoms in total. The highest BCUT2D eigenvalue weighted by Gasteiger charge is 2.31. The lowest BCUT2D eigenvalue weighted by Crippen LogP contribution is -2.56. The number of ether oxygens (including phenoxy) is 1. The maximum atomic E-state index is 12.7. The molecule has 3 rings (SSSR count). The van der Waals surface area contributed by atoms with E-state index < -0.39 is 0 Å². The molecule has 1 fully saturated rings. The summed E-state index contributed by atoms with van der Waals surface area (Å²) in [5.74, 6) is 0.568. The summed E-state index contributed by atoms with van der Waals surface area (Å²) in [6.07, 6.45) is 0. The van der Waals surface area contributed by atoms with Crippen LogP contribution in [-0.2, 0) is 16.1 Å². The highest BCUT2D eigenvalue weighted by Crippen LogP contribution is 2.29. The second kappa shape index (κ2) is 8.68. The first-order valence-electron chi connectivity index (χ1n) is 9.09. The summed E-state index contributed by atoms with van der Waals surface area (Å²) in [4.78, 5) is 28.8. The van der Waals surface area contributed by atoms with Crippen molar-refractivity contribution in [1.82, 2.24) is 10.2 Å². The molecule has 6 heteroatoms. The van der Waals surface area contributed by atoms with E-state index in [-0.39, 0.29) is 24.4 Å². The Balaban J connectivity index is 1.58. The summed E-state index contributed by atoms with van der Waals surface area (Å²) < 4.78 is 5.36. The molecule has 27 heavy (non-hydrogen) atoms. The largest absolute Gasteiger partial charge is 0.495 e. The fourth-order valence-corrected chi connectivity index (χ4v) is 3.23. The predicted molar refractivity (Wildman–Crippen MR) is 105 cm³/mol. The van der Waals surface area contributed by atoms with Gasteiger partial charge in [-0.15, -0.1) is 0 Å². The van der Waals surface area contributed by atoms with Gasteiger partial charge in [-0.25, -0.2) is 0 Å². The molecule has 142 valence electrons. The summed E-state index contributed by atoms with van der Waals surface area (Å²) in [5.41, 5.74) is 1.82. The van der Waals surface area contributed by atoms with Crippen LogP contribution in [0.3, 0.4) is 0 Å². The van der Waals surface area contributed by atoms with E-state index in [1.807, 2.05) is 66.4 Å². The number of hydrogen-bond donors (Lipinski definition) is 1. The highest BCUT2D eigenvalue weighted by atomic mass is 16.5. The number of piperazine rings is 1. The van der Waals surface area contributed by atoms with Crippen LogP contribution >= 0.6 is 0 Å². The van der Waals surface area contributed by atoms with Crippen LogP contribution in [0.1, 0.15) is 12.5 Å². The topological polar surface area (TPSA) is 61.9 Å². The number of benzene rings is 2. The minimum atomic E-state index is -0.363. The number of amides is 2. The zero-order chi connectivity index (χ0) is 19.2. The van der Waals surface area contributed by atoms with Crippen LogP contribution in [0.4, 0.5) is 5.69 Å². The van der Waals surface area contributed by atoms with Gasteiger partial charge < -0.3 is 15.0 Å². The Hall–Kier alpha value is -2.86. The lowest BCUT2D eigenvalue weighted by atomic mass is 10.1. The molecular formula is C21H25N3O3. The molecule has 0 radical (unpaired) electrons. The third-order valence-electron chi connectivity index (χ3n) is 4.86. The zero-order valence-electron chi connectivity index (χ0n) is 15.7. The van der Waals surface area contributed by atoms with E-state index in [4.69, 9.17) is 4.74 Å². The van der Waals surface area contributed by atoms with Crippen LogP contribution in [0.2, 0.25) is 0 Å². The second-order valence-corrected chi connectivity index (χ2v) is 6.57. The molecule has 1 N–H and O–H groups in total. The number of carbonyl (C=O) groups is 2. The monoisotopic (exact) mass is 367 g/mol. The van der Waals surface area contributed by atoms with Gasteiger partial charge in [-0.1, -0.05) is 42.5 Å². The molecule has 1 atom stereocenters. The van der Waals surface area contributed by atoms with Crippen molar-refractivity contribution in [3.63, 3.8) is 0 Å². The Labute approximate surface area is 159 Å². The van der Waals surface area contributed by atoms with Gasteiger partial charge in [0.25, 0.3) is 0 Å². The molecule has 1 saturated heterocycles. The van der Waals surface area contributed by atoms with Crippen molar-refractivity contribution in [2.45, 2.75) is 19.5 Å². The summed E-state index contributed by atoms with van der Waals surface area (Å²) in [5, 5.41) is 2.95. The molecule has 2 aromatic rings. The van der Waals surface area contributed by atoms with Gasteiger partial charge in [-0.2, -0.15) is 0 Å². The Morgan fingerprint density at radius 2 is 1.81 bits per heavy atom. The number of nitrogens with zero attached hydrogens (tertiary/aromatic N) is 2. The fraction of sp³-hybridized carbons (Fsp3) is 0.333. The van der Waals surface area contributed by atoms with Crippen LogP contribution in [0.5, 0.6) is 5.75 Å². The van der Waals surface area contributed by atoms with Crippen molar-refractivity contribution < 1.29 is 14.3 Å². The molecule has 1 heterocycles. The summed E-state index contributed by atoms with van der Waals surface area (Å²) in [7, 11) is 1.60. The van der Waals surface area contributed by atoms with E-state index in [2.05, 4.69) is 5.32 Å². The first-order chi connectivity index (χ1) is 13.1. The van der Waals surface area contributed by atoms with Crippen LogP contribution in [0, 0.1) is 0 Å². The van der Waals surface area contributed by atoms with Crippen LogP contribution in [-0.4, -0.2) is 49.5 Å². The lowest BCUT2D eigenvalue weighted by Gasteiger charge is -2.37. The molecule has 2 amide bonds. The third kappa shape index (κ3) is 4.46. The molecule has 0 spiro atoms. The van der Waals surface area contributed by atoms with Gasteiger partial charge in [0.1, 0.15) is 5.75 Å². The zero-order valence-corrected chi connectivity index (χ0v) is 15.7. The Kier molecular flexibility index (Phi) is 6.08. The lowest BCUT2D eigenvalue weighted by molar-refractivity contribution is -0.129. The first kappa shape index (κ1) is 18.9. The summed E-state index contributed by atoms with van der Waals surface area (Å²) in [6, 6.07) is 16.9. The number of carbonyl (C=O) groups excluding carboxylic acids is 2. The van der Waals surface area contributed by atoms with E-state index in [1.165, 1.54) is 0 Å². The number of para-hydroxylation sites is 2. The Morgan fingerprint density at radius 1 is 1.11 bits per heavy atom.